The predicted octanol–water partition coefficient (Wildman–Crippen LogP) is 5.87. The molecule has 0 aromatic heterocycles. The van der Waals surface area contributed by atoms with Crippen molar-refractivity contribution in [3.8, 4) is 5.75 Å². The third kappa shape index (κ3) is 5.99. The first kappa shape index (κ1) is 19.7. The summed E-state index contributed by atoms with van der Waals surface area (Å²) in [6.45, 7) is 6.96. The lowest BCUT2D eigenvalue weighted by Gasteiger charge is -2.07. The number of nitrogens with zero attached hydrogens (tertiary/aromatic N) is 3. The fourth-order valence-electron chi connectivity index (χ4n) is 2.37. The maximum atomic E-state index is 6.05. The Bertz CT molecular complexity index is 906. The molecule has 0 amide bonds. The van der Waals surface area contributed by atoms with E-state index in [0.29, 0.717) is 5.90 Å². The lowest BCUT2D eigenvalue weighted by molar-refractivity contribution is 0.555. The maximum Gasteiger partial charge on any atom is 0.220 e. The van der Waals surface area contributed by atoms with Gasteiger partial charge < -0.3 is 4.74 Å². The van der Waals surface area contributed by atoms with Gasteiger partial charge in [0.2, 0.25) is 5.90 Å². The Morgan fingerprint density at radius 3 is 2.74 bits per heavy atom. The molecule has 2 aromatic carbocycles. The van der Waals surface area contributed by atoms with Crippen molar-refractivity contribution in [2.24, 2.45) is 9.98 Å². The van der Waals surface area contributed by atoms with Crippen LogP contribution in [0.2, 0.25) is 0 Å². The van der Waals surface area contributed by atoms with Crippen molar-refractivity contribution in [3.63, 3.8) is 0 Å². The Kier molecular flexibility index (Phi) is 6.77. The first-order valence-corrected chi connectivity index (χ1v) is 10.3. The van der Waals surface area contributed by atoms with E-state index in [0.717, 1.165) is 28.0 Å². The summed E-state index contributed by atoms with van der Waals surface area (Å²) in [4.78, 5) is 9.15. The second-order valence-corrected chi connectivity index (χ2v) is 8.69. The van der Waals surface area contributed by atoms with E-state index in [1.54, 1.807) is 23.7 Å². The molecule has 4 nitrogen and oxygen atoms in total. The van der Waals surface area contributed by atoms with Gasteiger partial charge in [-0.2, -0.15) is 0 Å². The van der Waals surface area contributed by atoms with Gasteiger partial charge in [-0.15, -0.1) is 0 Å². The summed E-state index contributed by atoms with van der Waals surface area (Å²) in [7, 11) is 2.03. The van der Waals surface area contributed by atoms with E-state index in [-0.39, 0.29) is 0 Å². The summed E-state index contributed by atoms with van der Waals surface area (Å²) in [6.07, 6.45) is 1.89. The summed E-state index contributed by atoms with van der Waals surface area (Å²) >= 11 is 3.22. The van der Waals surface area contributed by atoms with Crippen LogP contribution >= 0.6 is 23.7 Å². The summed E-state index contributed by atoms with van der Waals surface area (Å²) in [6, 6.07) is 14.1. The van der Waals surface area contributed by atoms with Crippen LogP contribution in [0.15, 0.2) is 63.9 Å². The van der Waals surface area contributed by atoms with Crippen LogP contribution in [-0.4, -0.2) is 28.3 Å². The quantitative estimate of drug-likeness (QED) is 0.367. The predicted molar refractivity (Wildman–Crippen MR) is 119 cm³/mol. The highest BCUT2D eigenvalue weighted by atomic mass is 32.2. The lowest BCUT2D eigenvalue weighted by Crippen LogP contribution is -2.05. The van der Waals surface area contributed by atoms with E-state index in [1.165, 1.54) is 11.1 Å². The van der Waals surface area contributed by atoms with E-state index < -0.39 is 0 Å². The first-order chi connectivity index (χ1) is 13.0. The number of hydrogen-bond acceptors (Lipinski definition) is 6. The zero-order valence-electron chi connectivity index (χ0n) is 16.0. The normalized spacial score (nSPS) is 15.4. The third-order valence-corrected chi connectivity index (χ3v) is 5.78. The molecule has 1 aliphatic heterocycles. The van der Waals surface area contributed by atoms with Gasteiger partial charge in [-0.05, 0) is 86.1 Å². The monoisotopic (exact) mass is 397 g/mol. The second-order valence-electron chi connectivity index (χ2n) is 6.34. The van der Waals surface area contributed by atoms with Gasteiger partial charge in [0.1, 0.15) is 16.8 Å². The molecule has 27 heavy (non-hydrogen) atoms. The number of aliphatic imine (C=N–C) groups is 2. The zero-order chi connectivity index (χ0) is 19.2. The topological polar surface area (TPSA) is 37.2 Å². The minimum absolute atomic E-state index is 0.549. The van der Waals surface area contributed by atoms with Gasteiger partial charge in [-0.3, -0.25) is 4.99 Å². The largest absolute Gasteiger partial charge is 0.439 e. The molecule has 0 fully saturated rings. The van der Waals surface area contributed by atoms with Gasteiger partial charge in [0.25, 0.3) is 0 Å². The lowest BCUT2D eigenvalue weighted by atomic mass is 10.1. The van der Waals surface area contributed by atoms with E-state index in [4.69, 9.17) is 9.73 Å². The van der Waals surface area contributed by atoms with Gasteiger partial charge in [-0.25, -0.2) is 9.30 Å². The fourth-order valence-corrected chi connectivity index (χ4v) is 4.02. The van der Waals surface area contributed by atoms with Crippen LogP contribution in [0.3, 0.4) is 0 Å². The number of aryl methyl sites for hydroxylation is 3. The van der Waals surface area contributed by atoms with Crippen LogP contribution in [0.25, 0.3) is 0 Å². The number of hydrogen-bond donors (Lipinski definition) is 0. The van der Waals surface area contributed by atoms with Crippen molar-refractivity contribution < 1.29 is 4.74 Å². The van der Waals surface area contributed by atoms with Crippen LogP contribution < -0.4 is 4.74 Å². The summed E-state index contributed by atoms with van der Waals surface area (Å²) in [5.74, 6) is 1.33. The molecule has 0 bridgehead atoms. The molecule has 0 spiro atoms. The van der Waals surface area contributed by atoms with Crippen molar-refractivity contribution in [1.82, 2.24) is 4.31 Å². The Labute approximate surface area is 169 Å². The van der Waals surface area contributed by atoms with Crippen molar-refractivity contribution in [2.75, 3.05) is 13.7 Å². The molecule has 0 saturated carbocycles. The van der Waals surface area contributed by atoms with Gasteiger partial charge in [0, 0.05) is 6.08 Å². The van der Waals surface area contributed by atoms with Crippen molar-refractivity contribution in [1.29, 1.82) is 0 Å². The first-order valence-electron chi connectivity index (χ1n) is 8.67. The molecule has 0 N–H and O–H groups in total. The summed E-state index contributed by atoms with van der Waals surface area (Å²) < 4.78 is 9.16. The molecular formula is C21H23N3OS2. The molecule has 0 unspecified atom stereocenters. The molecule has 0 aliphatic carbocycles. The van der Waals surface area contributed by atoms with Crippen LogP contribution in [0, 0.1) is 20.8 Å². The highest BCUT2D eigenvalue weighted by Crippen LogP contribution is 2.26. The molecule has 3 rings (SSSR count). The number of thioether (sulfide) groups is 1. The molecule has 140 valence electrons. The van der Waals surface area contributed by atoms with Crippen LogP contribution in [0.4, 0.5) is 5.69 Å². The Morgan fingerprint density at radius 1 is 1.19 bits per heavy atom. The van der Waals surface area contributed by atoms with Crippen LogP contribution in [0.5, 0.6) is 5.75 Å². The minimum Gasteiger partial charge on any atom is -0.439 e. The third-order valence-electron chi connectivity index (χ3n) is 3.95. The molecule has 6 heteroatoms. The van der Waals surface area contributed by atoms with E-state index >= 15 is 0 Å². The molecule has 1 heterocycles. The average molecular weight is 398 g/mol. The van der Waals surface area contributed by atoms with E-state index in [2.05, 4.69) is 35.3 Å². The van der Waals surface area contributed by atoms with Crippen LogP contribution in [-0.2, 0) is 0 Å². The molecule has 0 radical (unpaired) electrons. The van der Waals surface area contributed by atoms with Crippen LogP contribution in [0.1, 0.15) is 16.7 Å². The van der Waals surface area contributed by atoms with Crippen molar-refractivity contribution in [3.05, 3.63) is 70.6 Å². The summed E-state index contributed by atoms with van der Waals surface area (Å²) in [5, 5.41) is 1.97. The highest BCUT2D eigenvalue weighted by molar-refractivity contribution is 8.39. The molecular weight excluding hydrogens is 374 g/mol. The molecule has 1 aliphatic rings. The smallest absolute Gasteiger partial charge is 0.220 e. The van der Waals surface area contributed by atoms with E-state index in [1.807, 2.05) is 55.8 Å². The Balaban J connectivity index is 1.81. The minimum atomic E-state index is 0.549. The summed E-state index contributed by atoms with van der Waals surface area (Å²) in [5.41, 5.74) is 4.49. The maximum absolute atomic E-state index is 6.05. The van der Waals surface area contributed by atoms with Crippen molar-refractivity contribution in [2.45, 2.75) is 20.8 Å². The van der Waals surface area contributed by atoms with Gasteiger partial charge >= 0.3 is 0 Å². The Hall–Kier alpha value is -2.02. The van der Waals surface area contributed by atoms with Gasteiger partial charge in [0.05, 0.1) is 5.69 Å². The number of ether oxygens (including phenoxy) is 1. The SMILES string of the molecule is Cc1cccc(OC(C=CSC2=NCN(C)S2)=Nc2ccc(C)c(C)c2)c1. The van der Waals surface area contributed by atoms with Gasteiger partial charge in [-0.1, -0.05) is 30.0 Å². The number of rotatable bonds is 4. The number of benzene rings is 2. The molecule has 2 aromatic rings. The Morgan fingerprint density at radius 2 is 2.04 bits per heavy atom. The van der Waals surface area contributed by atoms with Crippen molar-refractivity contribution >= 4 is 39.7 Å². The standard InChI is InChI=1S/C21H23N3OS2/c1-15-6-5-7-19(12-15)25-20(10-11-26-21-22-14-24(4)27-21)23-18-9-8-16(2)17(3)13-18/h5-13H,14H2,1-4H3. The fraction of sp³-hybridized carbons (Fsp3) is 0.238. The van der Waals surface area contributed by atoms with E-state index in [9.17, 15) is 0 Å². The molecule has 0 saturated heterocycles. The highest BCUT2D eigenvalue weighted by Gasteiger charge is 2.12. The van der Waals surface area contributed by atoms with Gasteiger partial charge in [0.15, 0.2) is 0 Å². The second kappa shape index (κ2) is 9.26. The zero-order valence-corrected chi connectivity index (χ0v) is 17.6. The average Bonchev–Trinajstić information content (AvgIpc) is 3.03. The molecule has 0 atom stereocenters.